The van der Waals surface area contributed by atoms with E-state index in [1.165, 1.54) is 0 Å². The number of carbonyl (C=O) groups is 2. The van der Waals surface area contributed by atoms with Crippen molar-refractivity contribution in [3.05, 3.63) is 0 Å². The van der Waals surface area contributed by atoms with Crippen molar-refractivity contribution < 1.29 is 43.9 Å². The third-order valence-corrected chi connectivity index (χ3v) is 22.3. The molecular formula is C53H88F2O7. The zero-order valence-corrected chi connectivity index (χ0v) is 40.1. The fourth-order valence-electron chi connectivity index (χ4n) is 19.2. The summed E-state index contributed by atoms with van der Waals surface area (Å²) in [7, 11) is 0. The molecule has 8 saturated carbocycles. The lowest BCUT2D eigenvalue weighted by Gasteiger charge is -2.65. The fraction of sp³-hybridized carbons (Fsp3) is 0.962. The predicted octanol–water partition coefficient (Wildman–Crippen LogP) is 11.4. The lowest BCUT2D eigenvalue weighted by molar-refractivity contribution is -0.222. The largest absolute Gasteiger partial charge is 0.481 e. The van der Waals surface area contributed by atoms with Gasteiger partial charge in [0.05, 0.1) is 18.3 Å². The van der Waals surface area contributed by atoms with Crippen LogP contribution in [-0.4, -0.2) is 68.1 Å². The summed E-state index contributed by atoms with van der Waals surface area (Å²) in [6, 6.07) is 0. The molecule has 0 heterocycles. The first kappa shape index (κ1) is 48.6. The minimum Gasteiger partial charge on any atom is -0.481 e. The van der Waals surface area contributed by atoms with Crippen molar-refractivity contribution in [3.8, 4) is 0 Å². The molecule has 8 unspecified atom stereocenters. The van der Waals surface area contributed by atoms with Crippen molar-refractivity contribution in [2.75, 3.05) is 0 Å². The van der Waals surface area contributed by atoms with Crippen LogP contribution in [0.5, 0.6) is 0 Å². The lowest BCUT2D eigenvalue weighted by atomic mass is 9.40. The van der Waals surface area contributed by atoms with Crippen LogP contribution in [0, 0.1) is 110 Å². The van der Waals surface area contributed by atoms with Gasteiger partial charge in [-0.15, -0.1) is 0 Å². The van der Waals surface area contributed by atoms with Crippen molar-refractivity contribution in [2.45, 2.75) is 209 Å². The molecule has 0 amide bonds. The maximum Gasteiger partial charge on any atom is 0.303 e. The molecule has 8 aliphatic rings. The van der Waals surface area contributed by atoms with E-state index < -0.39 is 42.6 Å². The van der Waals surface area contributed by atoms with Gasteiger partial charge in [-0.05, 0) is 188 Å². The van der Waals surface area contributed by atoms with E-state index >= 15 is 8.78 Å². The first-order valence-electron chi connectivity index (χ1n) is 25.9. The van der Waals surface area contributed by atoms with E-state index in [9.17, 15) is 24.9 Å². The molecule has 0 aromatic heterocycles. The molecule has 0 aromatic rings. The molecule has 7 nitrogen and oxygen atoms in total. The summed E-state index contributed by atoms with van der Waals surface area (Å²) in [5, 5.41) is 52.0. The topological polar surface area (TPSA) is 135 Å². The van der Waals surface area contributed by atoms with Gasteiger partial charge in [0, 0.05) is 24.7 Å². The number of alkyl halides is 2. The number of aliphatic hydroxyl groups excluding tert-OH is 3. The summed E-state index contributed by atoms with van der Waals surface area (Å²) >= 11 is 0. The fourth-order valence-corrected chi connectivity index (χ4v) is 19.2. The summed E-state index contributed by atoms with van der Waals surface area (Å²) < 4.78 is 31.0. The summed E-state index contributed by atoms with van der Waals surface area (Å²) in [5.74, 6) is 2.33. The lowest BCUT2D eigenvalue weighted by Crippen LogP contribution is -2.65. The number of carboxylic acids is 2. The van der Waals surface area contributed by atoms with Crippen molar-refractivity contribution >= 4 is 11.9 Å². The maximum atomic E-state index is 15.6. The highest BCUT2D eigenvalue weighted by atomic mass is 19.1. The van der Waals surface area contributed by atoms with Crippen LogP contribution in [0.15, 0.2) is 0 Å². The molecule has 356 valence electrons. The first-order chi connectivity index (χ1) is 29.1. The van der Waals surface area contributed by atoms with E-state index in [0.717, 1.165) is 96.3 Å². The number of hydrogen-bond acceptors (Lipinski definition) is 5. The number of fused-ring (bicyclic) bond motifs is 10. The van der Waals surface area contributed by atoms with E-state index in [4.69, 9.17) is 10.2 Å². The standard InChI is InChI=1S/C27H45FO3.C26H43FO4/c1-6-17-23-24(28)16(3)11-13-27(23,5)20-12-14-26(4)18(15(2)7-10-21(29)30)8-9-19(26)22(20)25(17)31;1-5-15-22-23(27)19(28)11-13-26(22,4)18-10-12-25(3)16(14(2)6-9-20(29)30)7-8-17(25)21(18)24(15)31/h15-20,22-25,31H,6-14H2,1-5H3,(H,29,30);14-19,21-24,28,31H,5-13H2,1-4H3,(H,29,30)/t15-,16-,17-,18?,19?,20?,22?,23-,24+,25-,26-,27-;14-,15-,16?,17?,18?,19-,21?,22-,23+,24-,25-,26-/m11/s1. The highest BCUT2D eigenvalue weighted by Crippen LogP contribution is 2.72. The van der Waals surface area contributed by atoms with E-state index in [1.807, 2.05) is 0 Å². The maximum absolute atomic E-state index is 15.6. The zero-order valence-electron chi connectivity index (χ0n) is 40.1. The minimum absolute atomic E-state index is 0.00480. The summed E-state index contributed by atoms with van der Waals surface area (Å²) in [6.07, 6.45) is 12.0. The van der Waals surface area contributed by atoms with E-state index in [1.54, 1.807) is 0 Å². The SMILES string of the molecule is CC[C@@H]1[C@@H]2[C@@H](F)[C@H](C)CC[C@]2(C)C2CC[C@@]3(C)C(CCC3[C@H](C)CCC(=O)O)C2[C@@H]1O.CC[C@@H]1[C@@H]2[C@@H](F)[C@H](O)CC[C@]2(C)C2CC[C@@]3(C)C(CCC3[C@H](C)CCC(=O)O)C2[C@@H]1O. The second kappa shape index (κ2) is 18.1. The smallest absolute Gasteiger partial charge is 0.303 e. The molecule has 62 heavy (non-hydrogen) atoms. The van der Waals surface area contributed by atoms with Crippen LogP contribution in [0.1, 0.15) is 178 Å². The first-order valence-corrected chi connectivity index (χ1v) is 25.9. The Hall–Kier alpha value is -1.32. The number of carboxylic acid groups (broad SMARTS) is 2. The Morgan fingerprint density at radius 1 is 0.565 bits per heavy atom. The van der Waals surface area contributed by atoms with Gasteiger partial charge in [0.2, 0.25) is 0 Å². The third kappa shape index (κ3) is 7.75. The van der Waals surface area contributed by atoms with E-state index in [0.29, 0.717) is 53.8 Å². The molecule has 0 aliphatic heterocycles. The quantitative estimate of drug-likeness (QED) is 0.147. The summed E-state index contributed by atoms with van der Waals surface area (Å²) in [5.41, 5.74) is 0.159. The van der Waals surface area contributed by atoms with Gasteiger partial charge in [0.1, 0.15) is 12.3 Å². The van der Waals surface area contributed by atoms with Gasteiger partial charge in [0.15, 0.2) is 0 Å². The zero-order chi connectivity index (χ0) is 45.4. The second-order valence-electron chi connectivity index (χ2n) is 24.6. The van der Waals surface area contributed by atoms with Gasteiger partial charge in [0.25, 0.3) is 0 Å². The molecule has 0 radical (unpaired) electrons. The average molecular weight is 875 g/mol. The Morgan fingerprint density at radius 3 is 1.34 bits per heavy atom. The number of hydrogen-bond donors (Lipinski definition) is 5. The number of aliphatic carboxylic acids is 2. The van der Waals surface area contributed by atoms with Crippen LogP contribution in [0.3, 0.4) is 0 Å². The van der Waals surface area contributed by atoms with Crippen molar-refractivity contribution in [1.82, 2.24) is 0 Å². The van der Waals surface area contributed by atoms with E-state index in [-0.39, 0.29) is 75.9 Å². The number of rotatable bonds is 10. The number of aliphatic hydroxyl groups is 3. The molecule has 0 bridgehead atoms. The highest BCUT2D eigenvalue weighted by Gasteiger charge is 2.68. The number of halogens is 2. The summed E-state index contributed by atoms with van der Waals surface area (Å²) in [6.45, 7) is 20.2. The monoisotopic (exact) mass is 875 g/mol. The highest BCUT2D eigenvalue weighted by molar-refractivity contribution is 5.66. The Kier molecular flexibility index (Phi) is 14.2. The molecule has 9 heteroatoms. The molecule has 0 saturated heterocycles. The van der Waals surface area contributed by atoms with Crippen molar-refractivity contribution in [1.29, 1.82) is 0 Å². The molecule has 5 N–H and O–H groups in total. The second-order valence-corrected chi connectivity index (χ2v) is 24.6. The average Bonchev–Trinajstić information content (AvgIpc) is 3.77. The normalized spacial score (nSPS) is 52.7. The Morgan fingerprint density at radius 2 is 0.935 bits per heavy atom. The molecule has 8 rings (SSSR count). The third-order valence-electron chi connectivity index (χ3n) is 22.3. The molecular weight excluding hydrogens is 787 g/mol. The van der Waals surface area contributed by atoms with E-state index in [2.05, 4.69) is 62.3 Å². The van der Waals surface area contributed by atoms with Gasteiger partial charge >= 0.3 is 11.9 Å². The van der Waals surface area contributed by atoms with Gasteiger partial charge in [-0.25, -0.2) is 8.78 Å². The Bertz CT molecular complexity index is 1480. The molecule has 0 spiro atoms. The van der Waals surface area contributed by atoms with Crippen LogP contribution in [0.2, 0.25) is 0 Å². The van der Waals surface area contributed by atoms with Crippen LogP contribution in [0.4, 0.5) is 8.78 Å². The van der Waals surface area contributed by atoms with Crippen LogP contribution >= 0.6 is 0 Å². The molecule has 8 fully saturated rings. The van der Waals surface area contributed by atoms with Gasteiger partial charge < -0.3 is 25.5 Å². The van der Waals surface area contributed by atoms with Crippen LogP contribution in [-0.2, 0) is 9.59 Å². The molecule has 0 aromatic carbocycles. The van der Waals surface area contributed by atoms with Crippen molar-refractivity contribution in [2.24, 2.45) is 110 Å². The minimum atomic E-state index is -1.24. The predicted molar refractivity (Wildman–Crippen MR) is 239 cm³/mol. The van der Waals surface area contributed by atoms with Crippen LogP contribution in [0.25, 0.3) is 0 Å². The molecule has 8 aliphatic carbocycles. The van der Waals surface area contributed by atoms with Crippen LogP contribution < -0.4 is 0 Å². The van der Waals surface area contributed by atoms with Gasteiger partial charge in [-0.1, -0.05) is 75.2 Å². The van der Waals surface area contributed by atoms with Crippen molar-refractivity contribution in [3.63, 3.8) is 0 Å². The van der Waals surface area contributed by atoms with Gasteiger partial charge in [-0.3, -0.25) is 9.59 Å². The Balaban J connectivity index is 0.000000186. The van der Waals surface area contributed by atoms with Gasteiger partial charge in [-0.2, -0.15) is 0 Å². The Labute approximate surface area is 373 Å². The molecule has 24 atom stereocenters. The summed E-state index contributed by atoms with van der Waals surface area (Å²) in [4.78, 5) is 22.3.